The predicted molar refractivity (Wildman–Crippen MR) is 43.1 cm³/mol. The van der Waals surface area contributed by atoms with Crippen molar-refractivity contribution in [3.8, 4) is 0 Å². The Hall–Kier alpha value is -1.38. The number of fused-ring (bicyclic) bond motifs is 1. The third-order valence-corrected chi connectivity index (χ3v) is 2.22. The summed E-state index contributed by atoms with van der Waals surface area (Å²) in [6, 6.07) is 0. The fourth-order valence-electron chi connectivity index (χ4n) is 1.53. The predicted octanol–water partition coefficient (Wildman–Crippen LogP) is 0.535. The van der Waals surface area contributed by atoms with E-state index in [1.165, 1.54) is 0 Å². The zero-order valence-electron chi connectivity index (χ0n) is 6.54. The van der Waals surface area contributed by atoms with Gasteiger partial charge in [-0.3, -0.25) is 9.59 Å². The summed E-state index contributed by atoms with van der Waals surface area (Å²) in [6.45, 7) is 0. The van der Waals surface area contributed by atoms with Gasteiger partial charge in [0.05, 0.1) is 0 Å². The lowest BCUT2D eigenvalue weighted by molar-refractivity contribution is -0.139. The average molecular weight is 163 g/mol. The lowest BCUT2D eigenvalue weighted by atomic mass is 9.88. The van der Waals surface area contributed by atoms with Crippen molar-refractivity contribution < 1.29 is 9.59 Å². The van der Waals surface area contributed by atoms with Crippen molar-refractivity contribution in [2.45, 2.75) is 12.8 Å². The van der Waals surface area contributed by atoms with Crippen LogP contribution in [0.2, 0.25) is 0 Å². The van der Waals surface area contributed by atoms with Gasteiger partial charge in [0.1, 0.15) is 0 Å². The maximum absolute atomic E-state index is 11.0. The Labute approximate surface area is 70.1 Å². The third-order valence-electron chi connectivity index (χ3n) is 2.22. The van der Waals surface area contributed by atoms with Crippen LogP contribution in [-0.2, 0) is 9.59 Å². The van der Waals surface area contributed by atoms with Crippen molar-refractivity contribution in [1.82, 2.24) is 5.32 Å². The van der Waals surface area contributed by atoms with Crippen LogP contribution in [0.4, 0.5) is 0 Å². The first kappa shape index (κ1) is 7.28. The molecular formula is C9H9NO2. The number of allylic oxidation sites excluding steroid dienone is 4. The van der Waals surface area contributed by atoms with Gasteiger partial charge in [-0.2, -0.15) is 0 Å². The highest BCUT2D eigenvalue weighted by atomic mass is 16.2. The Morgan fingerprint density at radius 3 is 3.08 bits per heavy atom. The standard InChI is InChI=1S/C9H9NO2/c11-8-5-6-3-1-2-4-7(6)10-9(8)12/h1-2,4,6H,3,5H2,(H,10,12). The molecule has 1 aliphatic carbocycles. The van der Waals surface area contributed by atoms with E-state index in [0.29, 0.717) is 6.42 Å². The number of hydrogen-bond donors (Lipinski definition) is 1. The van der Waals surface area contributed by atoms with Crippen LogP contribution in [0.25, 0.3) is 0 Å². The van der Waals surface area contributed by atoms with Crippen LogP contribution < -0.4 is 5.32 Å². The minimum Gasteiger partial charge on any atom is -0.323 e. The molecule has 0 aromatic rings. The summed E-state index contributed by atoms with van der Waals surface area (Å²) in [5, 5.41) is 2.59. The number of piperidine rings is 1. The van der Waals surface area contributed by atoms with Crippen LogP contribution in [0, 0.1) is 5.92 Å². The van der Waals surface area contributed by atoms with Crippen LogP contribution >= 0.6 is 0 Å². The SMILES string of the molecule is O=C1CC2CC=CC=C2NC1=O. The van der Waals surface area contributed by atoms with E-state index in [0.717, 1.165) is 12.1 Å². The third kappa shape index (κ3) is 1.07. The van der Waals surface area contributed by atoms with Gasteiger partial charge in [0, 0.05) is 18.0 Å². The maximum Gasteiger partial charge on any atom is 0.291 e. The molecule has 1 fully saturated rings. The lowest BCUT2D eigenvalue weighted by Gasteiger charge is -2.25. The maximum atomic E-state index is 11.0. The van der Waals surface area contributed by atoms with Crippen molar-refractivity contribution in [3.05, 3.63) is 23.9 Å². The van der Waals surface area contributed by atoms with Crippen molar-refractivity contribution >= 4 is 11.7 Å². The summed E-state index contributed by atoms with van der Waals surface area (Å²) in [6.07, 6.45) is 7.00. The number of rotatable bonds is 0. The lowest BCUT2D eigenvalue weighted by Crippen LogP contribution is -2.40. The largest absolute Gasteiger partial charge is 0.323 e. The minimum absolute atomic E-state index is 0.209. The molecule has 0 bridgehead atoms. The number of carbonyl (C=O) groups is 2. The normalized spacial score (nSPS) is 27.7. The molecule has 0 aromatic heterocycles. The molecule has 0 radical (unpaired) electrons. The Balaban J connectivity index is 2.25. The number of hydrogen-bond acceptors (Lipinski definition) is 2. The van der Waals surface area contributed by atoms with Gasteiger partial charge in [-0.25, -0.2) is 0 Å². The zero-order chi connectivity index (χ0) is 8.55. The molecule has 0 aromatic carbocycles. The highest BCUT2D eigenvalue weighted by Crippen LogP contribution is 2.25. The average Bonchev–Trinajstić information content (AvgIpc) is 2.07. The molecule has 1 N–H and O–H groups in total. The van der Waals surface area contributed by atoms with Gasteiger partial charge >= 0.3 is 0 Å². The number of ketones is 1. The molecule has 1 atom stereocenters. The van der Waals surface area contributed by atoms with Crippen molar-refractivity contribution in [2.24, 2.45) is 5.92 Å². The monoisotopic (exact) mass is 163 g/mol. The second-order valence-corrected chi connectivity index (χ2v) is 3.06. The fraction of sp³-hybridized carbons (Fsp3) is 0.333. The first-order chi connectivity index (χ1) is 5.77. The quantitative estimate of drug-likeness (QED) is 0.529. The molecule has 1 unspecified atom stereocenters. The number of nitrogens with one attached hydrogen (secondary N) is 1. The van der Waals surface area contributed by atoms with E-state index < -0.39 is 5.91 Å². The topological polar surface area (TPSA) is 46.2 Å². The first-order valence-corrected chi connectivity index (χ1v) is 3.98. The molecule has 1 heterocycles. The molecule has 1 saturated heterocycles. The number of amides is 1. The molecule has 3 nitrogen and oxygen atoms in total. The van der Waals surface area contributed by atoms with Crippen molar-refractivity contribution in [1.29, 1.82) is 0 Å². The minimum atomic E-state index is -0.465. The Morgan fingerprint density at radius 2 is 2.25 bits per heavy atom. The van der Waals surface area contributed by atoms with Gasteiger partial charge in [0.25, 0.3) is 5.91 Å². The molecule has 12 heavy (non-hydrogen) atoms. The van der Waals surface area contributed by atoms with E-state index in [-0.39, 0.29) is 11.7 Å². The second-order valence-electron chi connectivity index (χ2n) is 3.06. The molecule has 62 valence electrons. The molecule has 3 heteroatoms. The van der Waals surface area contributed by atoms with Gasteiger partial charge in [-0.15, -0.1) is 0 Å². The molecule has 2 rings (SSSR count). The van der Waals surface area contributed by atoms with Gasteiger partial charge in [0.2, 0.25) is 5.78 Å². The van der Waals surface area contributed by atoms with Crippen LogP contribution in [0.3, 0.4) is 0 Å². The van der Waals surface area contributed by atoms with Gasteiger partial charge < -0.3 is 5.32 Å². The van der Waals surface area contributed by atoms with E-state index in [9.17, 15) is 9.59 Å². The summed E-state index contributed by atoms with van der Waals surface area (Å²) in [7, 11) is 0. The van der Waals surface area contributed by atoms with Gasteiger partial charge in [-0.05, 0) is 12.5 Å². The van der Waals surface area contributed by atoms with Crippen LogP contribution in [-0.4, -0.2) is 11.7 Å². The highest BCUT2D eigenvalue weighted by Gasteiger charge is 2.29. The van der Waals surface area contributed by atoms with E-state index in [4.69, 9.17) is 0 Å². The summed E-state index contributed by atoms with van der Waals surface area (Å²) in [4.78, 5) is 21.9. The molecular weight excluding hydrogens is 154 g/mol. The Kier molecular flexibility index (Phi) is 1.57. The summed E-state index contributed by atoms with van der Waals surface area (Å²) in [5.41, 5.74) is 0.891. The molecule has 1 amide bonds. The number of Topliss-reactive ketones (excluding diaryl/α,β-unsaturated/α-hetero) is 1. The van der Waals surface area contributed by atoms with Gasteiger partial charge in [0.15, 0.2) is 0 Å². The highest BCUT2D eigenvalue weighted by molar-refractivity contribution is 6.37. The van der Waals surface area contributed by atoms with Crippen molar-refractivity contribution in [2.75, 3.05) is 0 Å². The van der Waals surface area contributed by atoms with E-state index in [1.54, 1.807) is 0 Å². The van der Waals surface area contributed by atoms with E-state index in [2.05, 4.69) is 5.32 Å². The van der Waals surface area contributed by atoms with Crippen LogP contribution in [0.5, 0.6) is 0 Å². The second kappa shape index (κ2) is 2.59. The number of carbonyl (C=O) groups excluding carboxylic acids is 2. The Morgan fingerprint density at radius 1 is 1.42 bits per heavy atom. The molecule has 1 aliphatic heterocycles. The van der Waals surface area contributed by atoms with E-state index in [1.807, 2.05) is 18.2 Å². The molecule has 2 aliphatic rings. The van der Waals surface area contributed by atoms with Crippen LogP contribution in [0.15, 0.2) is 23.9 Å². The van der Waals surface area contributed by atoms with Crippen molar-refractivity contribution in [3.63, 3.8) is 0 Å². The summed E-state index contributed by atoms with van der Waals surface area (Å²) in [5.74, 6) is -0.555. The molecule has 0 spiro atoms. The van der Waals surface area contributed by atoms with Crippen LogP contribution in [0.1, 0.15) is 12.8 Å². The van der Waals surface area contributed by atoms with E-state index >= 15 is 0 Å². The smallest absolute Gasteiger partial charge is 0.291 e. The molecule has 0 saturated carbocycles. The fourth-order valence-corrected chi connectivity index (χ4v) is 1.53. The summed E-state index contributed by atoms with van der Waals surface area (Å²) < 4.78 is 0. The summed E-state index contributed by atoms with van der Waals surface area (Å²) >= 11 is 0. The zero-order valence-corrected chi connectivity index (χ0v) is 6.54. The first-order valence-electron chi connectivity index (χ1n) is 3.98. The van der Waals surface area contributed by atoms with Gasteiger partial charge in [-0.1, -0.05) is 12.2 Å². The Bertz CT molecular complexity index is 302.